The summed E-state index contributed by atoms with van der Waals surface area (Å²) >= 11 is 0. The number of pyridine rings is 1. The average Bonchev–Trinajstić information content (AvgIpc) is 2.37. The molecular weight excluding hydrogens is 222 g/mol. The van der Waals surface area contributed by atoms with Gasteiger partial charge in [-0.25, -0.2) is 0 Å². The minimum Gasteiger partial charge on any atom is -0.326 e. The third-order valence-corrected chi connectivity index (χ3v) is 4.64. The number of likely N-dealkylation sites (N-methyl/N-ethyl adjacent to an activating group) is 1. The Morgan fingerprint density at radius 2 is 2.17 bits per heavy atom. The second-order valence-corrected chi connectivity index (χ2v) is 6.12. The number of hydrogen-bond acceptors (Lipinski definition) is 3. The molecule has 0 saturated carbocycles. The van der Waals surface area contributed by atoms with Crippen LogP contribution < -0.4 is 5.73 Å². The van der Waals surface area contributed by atoms with Gasteiger partial charge in [-0.15, -0.1) is 0 Å². The second kappa shape index (κ2) is 4.98. The average molecular weight is 247 g/mol. The van der Waals surface area contributed by atoms with E-state index in [-0.39, 0.29) is 11.6 Å². The summed E-state index contributed by atoms with van der Waals surface area (Å²) in [7, 11) is 4.20. The first kappa shape index (κ1) is 13.5. The number of hydrogen-bond donors (Lipinski definition) is 1. The second-order valence-electron chi connectivity index (χ2n) is 6.12. The highest BCUT2D eigenvalue weighted by molar-refractivity contribution is 5.28. The zero-order valence-corrected chi connectivity index (χ0v) is 12.0. The van der Waals surface area contributed by atoms with E-state index in [1.165, 1.54) is 17.7 Å². The molecule has 3 heteroatoms. The van der Waals surface area contributed by atoms with Gasteiger partial charge < -0.3 is 10.6 Å². The van der Waals surface area contributed by atoms with Crippen LogP contribution in [0.5, 0.6) is 0 Å². The fourth-order valence-electron chi connectivity index (χ4n) is 2.79. The molecule has 0 amide bonds. The monoisotopic (exact) mass is 247 g/mol. The van der Waals surface area contributed by atoms with Crippen LogP contribution in [0.2, 0.25) is 0 Å². The van der Waals surface area contributed by atoms with Gasteiger partial charge >= 0.3 is 0 Å². The summed E-state index contributed by atoms with van der Waals surface area (Å²) in [6.07, 6.45) is 5.42. The van der Waals surface area contributed by atoms with Gasteiger partial charge in [-0.05, 0) is 58.8 Å². The van der Waals surface area contributed by atoms with Crippen LogP contribution in [0, 0.1) is 0 Å². The lowest BCUT2D eigenvalue weighted by Crippen LogP contribution is -2.56. The molecular formula is C15H25N3. The van der Waals surface area contributed by atoms with Crippen LogP contribution in [-0.4, -0.2) is 35.6 Å². The SMILES string of the molecule is CN(C)C(C)(C)C(N)C1CCCc2cccnc21. The number of aromatic nitrogens is 1. The lowest BCUT2D eigenvalue weighted by Gasteiger charge is -2.43. The largest absolute Gasteiger partial charge is 0.326 e. The molecule has 0 fully saturated rings. The summed E-state index contributed by atoms with van der Waals surface area (Å²) in [5.41, 5.74) is 9.16. The zero-order chi connectivity index (χ0) is 13.3. The number of nitrogens with two attached hydrogens (primary N) is 1. The van der Waals surface area contributed by atoms with Crippen molar-refractivity contribution in [2.45, 2.75) is 50.6 Å². The van der Waals surface area contributed by atoms with Crippen LogP contribution in [0.4, 0.5) is 0 Å². The third-order valence-electron chi connectivity index (χ3n) is 4.64. The van der Waals surface area contributed by atoms with Crippen molar-refractivity contribution in [2.75, 3.05) is 14.1 Å². The van der Waals surface area contributed by atoms with Gasteiger partial charge in [-0.3, -0.25) is 4.98 Å². The van der Waals surface area contributed by atoms with Gasteiger partial charge in [0.15, 0.2) is 0 Å². The minimum atomic E-state index is -0.0171. The van der Waals surface area contributed by atoms with Crippen LogP contribution in [0.25, 0.3) is 0 Å². The summed E-state index contributed by atoms with van der Waals surface area (Å²) < 4.78 is 0. The lowest BCUT2D eigenvalue weighted by atomic mass is 9.75. The Labute approximate surface area is 110 Å². The maximum absolute atomic E-state index is 6.56. The number of nitrogens with zero attached hydrogens (tertiary/aromatic N) is 2. The van der Waals surface area contributed by atoms with Gasteiger partial charge in [0.05, 0.1) is 0 Å². The van der Waals surface area contributed by atoms with Gasteiger partial charge in [0.25, 0.3) is 0 Å². The van der Waals surface area contributed by atoms with E-state index in [9.17, 15) is 0 Å². The van der Waals surface area contributed by atoms with Crippen molar-refractivity contribution in [1.82, 2.24) is 9.88 Å². The number of aryl methyl sites for hydroxylation is 1. The van der Waals surface area contributed by atoms with E-state index in [1.807, 2.05) is 12.3 Å². The summed E-state index contributed by atoms with van der Waals surface area (Å²) in [6, 6.07) is 4.34. The molecule has 0 spiro atoms. The van der Waals surface area contributed by atoms with E-state index in [4.69, 9.17) is 5.73 Å². The van der Waals surface area contributed by atoms with Crippen molar-refractivity contribution in [3.8, 4) is 0 Å². The fraction of sp³-hybridized carbons (Fsp3) is 0.667. The molecule has 0 radical (unpaired) electrons. The molecule has 1 aromatic rings. The third kappa shape index (κ3) is 2.29. The normalized spacial score (nSPS) is 21.8. The Balaban J connectivity index is 2.31. The highest BCUT2D eigenvalue weighted by atomic mass is 15.2. The van der Waals surface area contributed by atoms with E-state index >= 15 is 0 Å². The van der Waals surface area contributed by atoms with E-state index in [0.717, 1.165) is 12.8 Å². The van der Waals surface area contributed by atoms with Crippen molar-refractivity contribution >= 4 is 0 Å². The fourth-order valence-corrected chi connectivity index (χ4v) is 2.79. The van der Waals surface area contributed by atoms with E-state index < -0.39 is 0 Å². The molecule has 1 aromatic heterocycles. The molecule has 18 heavy (non-hydrogen) atoms. The van der Waals surface area contributed by atoms with Crippen molar-refractivity contribution < 1.29 is 0 Å². The van der Waals surface area contributed by atoms with Crippen LogP contribution in [0.15, 0.2) is 18.3 Å². The van der Waals surface area contributed by atoms with Crippen molar-refractivity contribution in [3.05, 3.63) is 29.6 Å². The molecule has 2 atom stereocenters. The molecule has 1 aliphatic carbocycles. The van der Waals surface area contributed by atoms with Gasteiger partial charge in [-0.2, -0.15) is 0 Å². The van der Waals surface area contributed by atoms with Crippen molar-refractivity contribution in [2.24, 2.45) is 5.73 Å². The Bertz CT molecular complexity index is 412. The van der Waals surface area contributed by atoms with Gasteiger partial charge in [-0.1, -0.05) is 6.07 Å². The minimum absolute atomic E-state index is 0.0171. The molecule has 1 aliphatic rings. The molecule has 3 nitrogen and oxygen atoms in total. The van der Waals surface area contributed by atoms with E-state index in [1.54, 1.807) is 0 Å². The first-order valence-corrected chi connectivity index (χ1v) is 6.81. The van der Waals surface area contributed by atoms with E-state index in [0.29, 0.717) is 5.92 Å². The molecule has 2 rings (SSSR count). The molecule has 0 aliphatic heterocycles. The smallest absolute Gasteiger partial charge is 0.0482 e. The van der Waals surface area contributed by atoms with Crippen LogP contribution in [0.1, 0.15) is 43.9 Å². The quantitative estimate of drug-likeness (QED) is 0.890. The Kier molecular flexibility index (Phi) is 3.74. The Hall–Kier alpha value is -0.930. The van der Waals surface area contributed by atoms with E-state index in [2.05, 4.69) is 43.9 Å². The van der Waals surface area contributed by atoms with Crippen LogP contribution >= 0.6 is 0 Å². The summed E-state index contributed by atoms with van der Waals surface area (Å²) in [5.74, 6) is 0.382. The first-order chi connectivity index (χ1) is 8.44. The summed E-state index contributed by atoms with van der Waals surface area (Å²) in [4.78, 5) is 6.81. The maximum Gasteiger partial charge on any atom is 0.0482 e. The molecule has 2 unspecified atom stereocenters. The predicted molar refractivity (Wildman–Crippen MR) is 75.7 cm³/mol. The maximum atomic E-state index is 6.56. The number of rotatable bonds is 3. The number of fused-ring (bicyclic) bond motifs is 1. The van der Waals surface area contributed by atoms with Gasteiger partial charge in [0, 0.05) is 29.4 Å². The Morgan fingerprint density at radius 3 is 2.83 bits per heavy atom. The zero-order valence-electron chi connectivity index (χ0n) is 12.0. The van der Waals surface area contributed by atoms with Gasteiger partial charge in [0.1, 0.15) is 0 Å². The summed E-state index contributed by atoms with van der Waals surface area (Å²) in [5, 5.41) is 0. The molecule has 0 aromatic carbocycles. The van der Waals surface area contributed by atoms with Crippen LogP contribution in [-0.2, 0) is 6.42 Å². The lowest BCUT2D eigenvalue weighted by molar-refractivity contribution is 0.138. The molecule has 0 saturated heterocycles. The van der Waals surface area contributed by atoms with Crippen molar-refractivity contribution in [3.63, 3.8) is 0 Å². The van der Waals surface area contributed by atoms with Crippen molar-refractivity contribution in [1.29, 1.82) is 0 Å². The topological polar surface area (TPSA) is 42.1 Å². The molecule has 100 valence electrons. The first-order valence-electron chi connectivity index (χ1n) is 6.81. The summed E-state index contributed by atoms with van der Waals surface area (Å²) in [6.45, 7) is 4.43. The van der Waals surface area contributed by atoms with Gasteiger partial charge in [0.2, 0.25) is 0 Å². The van der Waals surface area contributed by atoms with Crippen LogP contribution in [0.3, 0.4) is 0 Å². The predicted octanol–water partition coefficient (Wildman–Crippen LogP) is 2.17. The molecule has 0 bridgehead atoms. The highest BCUT2D eigenvalue weighted by Crippen LogP contribution is 2.36. The standard InChI is InChI=1S/C15H25N3/c1-15(2,18(3)4)14(16)12-9-5-7-11-8-6-10-17-13(11)12/h6,8,10,12,14H,5,7,9,16H2,1-4H3. The highest BCUT2D eigenvalue weighted by Gasteiger charge is 2.37. The molecule has 1 heterocycles. The molecule has 2 N–H and O–H groups in total. The Morgan fingerprint density at radius 1 is 1.44 bits per heavy atom.